The quantitative estimate of drug-likeness (QED) is 0.807. The van der Waals surface area contributed by atoms with E-state index in [0.29, 0.717) is 6.04 Å². The van der Waals surface area contributed by atoms with Crippen LogP contribution in [-0.4, -0.2) is 47.8 Å². The first-order valence-corrected chi connectivity index (χ1v) is 7.80. The molecule has 2 fully saturated rings. The van der Waals surface area contributed by atoms with E-state index in [1.54, 1.807) is 0 Å². The maximum atomic E-state index is 9.70. The number of nitrogens with one attached hydrogen (secondary N) is 1. The standard InChI is InChI=1S/C15H30N2O/c1-3-13-7-4-5-10-17(13)14-8-6-9-15(11-14,12-18)16-2/h13-14,16,18H,3-12H2,1-2H3. The van der Waals surface area contributed by atoms with Crippen LogP contribution in [0.1, 0.15) is 58.3 Å². The van der Waals surface area contributed by atoms with Crippen LogP contribution in [-0.2, 0) is 0 Å². The van der Waals surface area contributed by atoms with Gasteiger partial charge in [0, 0.05) is 17.6 Å². The van der Waals surface area contributed by atoms with Crippen LogP contribution in [0.5, 0.6) is 0 Å². The lowest BCUT2D eigenvalue weighted by atomic mass is 9.78. The number of aliphatic hydroxyl groups excluding tert-OH is 1. The molecule has 1 aliphatic heterocycles. The molecule has 1 saturated carbocycles. The van der Waals surface area contributed by atoms with Gasteiger partial charge in [0.15, 0.2) is 0 Å². The van der Waals surface area contributed by atoms with Crippen LogP contribution in [0.15, 0.2) is 0 Å². The highest BCUT2D eigenvalue weighted by Gasteiger charge is 2.38. The van der Waals surface area contributed by atoms with Gasteiger partial charge in [-0.1, -0.05) is 13.3 Å². The van der Waals surface area contributed by atoms with Gasteiger partial charge in [-0.2, -0.15) is 0 Å². The van der Waals surface area contributed by atoms with Crippen molar-refractivity contribution in [3.8, 4) is 0 Å². The number of aliphatic hydroxyl groups is 1. The van der Waals surface area contributed by atoms with Crippen molar-refractivity contribution in [3.05, 3.63) is 0 Å². The van der Waals surface area contributed by atoms with Crippen LogP contribution < -0.4 is 5.32 Å². The average Bonchev–Trinajstić information content (AvgIpc) is 2.47. The summed E-state index contributed by atoms with van der Waals surface area (Å²) in [6.45, 7) is 3.88. The van der Waals surface area contributed by atoms with Gasteiger partial charge in [-0.15, -0.1) is 0 Å². The van der Waals surface area contributed by atoms with Gasteiger partial charge in [0.2, 0.25) is 0 Å². The second-order valence-corrected chi connectivity index (χ2v) is 6.23. The Morgan fingerprint density at radius 2 is 2.11 bits per heavy atom. The third kappa shape index (κ3) is 2.89. The molecule has 3 unspecified atom stereocenters. The molecule has 1 aliphatic carbocycles. The smallest absolute Gasteiger partial charge is 0.0613 e. The predicted octanol–water partition coefficient (Wildman–Crippen LogP) is 2.14. The normalized spacial score (nSPS) is 38.8. The minimum absolute atomic E-state index is 0.0152. The Balaban J connectivity index is 2.02. The Kier molecular flexibility index (Phi) is 5.05. The van der Waals surface area contributed by atoms with E-state index < -0.39 is 0 Å². The largest absolute Gasteiger partial charge is 0.394 e. The summed E-state index contributed by atoms with van der Waals surface area (Å²) >= 11 is 0. The zero-order valence-corrected chi connectivity index (χ0v) is 12.1. The molecular weight excluding hydrogens is 224 g/mol. The first-order valence-electron chi connectivity index (χ1n) is 7.80. The number of nitrogens with zero attached hydrogens (tertiary/aromatic N) is 1. The van der Waals surface area contributed by atoms with Crippen molar-refractivity contribution in [1.29, 1.82) is 0 Å². The van der Waals surface area contributed by atoms with Crippen molar-refractivity contribution in [3.63, 3.8) is 0 Å². The highest BCUT2D eigenvalue weighted by molar-refractivity contribution is 4.97. The number of hydrogen-bond donors (Lipinski definition) is 2. The summed E-state index contributed by atoms with van der Waals surface area (Å²) in [4.78, 5) is 2.75. The molecule has 2 N–H and O–H groups in total. The molecule has 0 bridgehead atoms. The molecule has 18 heavy (non-hydrogen) atoms. The van der Waals surface area contributed by atoms with E-state index in [1.807, 2.05) is 7.05 Å². The predicted molar refractivity (Wildman–Crippen MR) is 75.8 cm³/mol. The van der Waals surface area contributed by atoms with Crippen molar-refractivity contribution in [2.45, 2.75) is 75.9 Å². The molecule has 0 radical (unpaired) electrons. The van der Waals surface area contributed by atoms with Gasteiger partial charge in [0.1, 0.15) is 0 Å². The average molecular weight is 254 g/mol. The van der Waals surface area contributed by atoms with Gasteiger partial charge < -0.3 is 10.4 Å². The monoisotopic (exact) mass is 254 g/mol. The minimum Gasteiger partial charge on any atom is -0.394 e. The molecule has 2 rings (SSSR count). The fourth-order valence-corrected chi connectivity index (χ4v) is 4.01. The van der Waals surface area contributed by atoms with Crippen molar-refractivity contribution in [2.24, 2.45) is 0 Å². The summed E-state index contributed by atoms with van der Waals surface area (Å²) < 4.78 is 0. The Labute approximate surface area is 112 Å². The van der Waals surface area contributed by atoms with E-state index in [2.05, 4.69) is 17.1 Å². The second kappa shape index (κ2) is 6.36. The Hall–Kier alpha value is -0.120. The summed E-state index contributed by atoms with van der Waals surface area (Å²) in [5.74, 6) is 0. The summed E-state index contributed by atoms with van der Waals surface area (Å²) in [6, 6.07) is 1.47. The molecule has 106 valence electrons. The van der Waals surface area contributed by atoms with Crippen LogP contribution >= 0.6 is 0 Å². The van der Waals surface area contributed by atoms with Crippen molar-refractivity contribution in [2.75, 3.05) is 20.2 Å². The lowest BCUT2D eigenvalue weighted by Crippen LogP contribution is -2.57. The molecule has 1 heterocycles. The molecule has 3 nitrogen and oxygen atoms in total. The molecule has 0 aromatic rings. The Morgan fingerprint density at radius 1 is 1.28 bits per heavy atom. The van der Waals surface area contributed by atoms with E-state index >= 15 is 0 Å². The summed E-state index contributed by atoms with van der Waals surface area (Å²) in [5.41, 5.74) is -0.0152. The van der Waals surface area contributed by atoms with E-state index in [0.717, 1.165) is 18.9 Å². The second-order valence-electron chi connectivity index (χ2n) is 6.23. The Morgan fingerprint density at radius 3 is 2.78 bits per heavy atom. The van der Waals surface area contributed by atoms with Gasteiger partial charge in [0.25, 0.3) is 0 Å². The number of likely N-dealkylation sites (N-methyl/N-ethyl adjacent to an activating group) is 1. The van der Waals surface area contributed by atoms with Crippen molar-refractivity contribution >= 4 is 0 Å². The topological polar surface area (TPSA) is 35.5 Å². The van der Waals surface area contributed by atoms with E-state index in [1.165, 1.54) is 45.1 Å². The number of rotatable bonds is 4. The molecule has 0 spiro atoms. The van der Waals surface area contributed by atoms with E-state index in [4.69, 9.17) is 0 Å². The van der Waals surface area contributed by atoms with Crippen LogP contribution in [0.4, 0.5) is 0 Å². The molecule has 0 amide bonds. The SMILES string of the molecule is CCC1CCCCN1C1CCCC(CO)(NC)C1. The highest BCUT2D eigenvalue weighted by atomic mass is 16.3. The molecule has 1 saturated heterocycles. The number of piperidine rings is 1. The molecule has 2 aliphatic rings. The third-order valence-corrected chi connectivity index (χ3v) is 5.26. The fraction of sp³-hybridized carbons (Fsp3) is 1.00. The number of hydrogen-bond acceptors (Lipinski definition) is 3. The zero-order chi connectivity index (χ0) is 13.0. The lowest BCUT2D eigenvalue weighted by Gasteiger charge is -2.48. The minimum atomic E-state index is -0.0152. The lowest BCUT2D eigenvalue weighted by molar-refractivity contribution is 0.0248. The molecule has 3 atom stereocenters. The third-order valence-electron chi connectivity index (χ3n) is 5.26. The van der Waals surface area contributed by atoms with Gasteiger partial charge in [-0.05, 0) is 58.5 Å². The van der Waals surface area contributed by atoms with Gasteiger partial charge in [0.05, 0.1) is 6.61 Å². The van der Waals surface area contributed by atoms with E-state index in [-0.39, 0.29) is 12.1 Å². The first kappa shape index (κ1) is 14.3. The first-order chi connectivity index (χ1) is 8.74. The van der Waals surface area contributed by atoms with Crippen molar-refractivity contribution < 1.29 is 5.11 Å². The molecule has 3 heteroatoms. The highest BCUT2D eigenvalue weighted by Crippen LogP contribution is 2.34. The molecule has 0 aromatic carbocycles. The van der Waals surface area contributed by atoms with Gasteiger partial charge in [-0.25, -0.2) is 0 Å². The van der Waals surface area contributed by atoms with E-state index in [9.17, 15) is 5.11 Å². The van der Waals surface area contributed by atoms with Crippen LogP contribution in [0, 0.1) is 0 Å². The van der Waals surface area contributed by atoms with Gasteiger partial charge >= 0.3 is 0 Å². The fourth-order valence-electron chi connectivity index (χ4n) is 4.01. The van der Waals surface area contributed by atoms with Gasteiger partial charge in [-0.3, -0.25) is 4.90 Å². The van der Waals surface area contributed by atoms with Crippen molar-refractivity contribution in [1.82, 2.24) is 10.2 Å². The zero-order valence-electron chi connectivity index (χ0n) is 12.1. The summed E-state index contributed by atoms with van der Waals surface area (Å²) in [5, 5.41) is 13.1. The Bertz CT molecular complexity index is 253. The number of likely N-dealkylation sites (tertiary alicyclic amines) is 1. The maximum absolute atomic E-state index is 9.70. The molecular formula is C15H30N2O. The van der Waals surface area contributed by atoms with Crippen LogP contribution in [0.3, 0.4) is 0 Å². The maximum Gasteiger partial charge on any atom is 0.0613 e. The summed E-state index contributed by atoms with van der Waals surface area (Å²) in [7, 11) is 2.01. The molecule has 0 aromatic heterocycles. The van der Waals surface area contributed by atoms with Crippen LogP contribution in [0.2, 0.25) is 0 Å². The van der Waals surface area contributed by atoms with Crippen LogP contribution in [0.25, 0.3) is 0 Å². The summed E-state index contributed by atoms with van der Waals surface area (Å²) in [6.07, 6.45) is 10.2.